The van der Waals surface area contributed by atoms with Crippen molar-refractivity contribution in [1.82, 2.24) is 20.3 Å². The molecule has 0 bridgehead atoms. The first-order chi connectivity index (χ1) is 16.3. The molecule has 192 valence electrons. The monoisotopic (exact) mass is 541 g/mol. The van der Waals surface area contributed by atoms with E-state index in [9.17, 15) is 9.90 Å². The third-order valence-electron chi connectivity index (χ3n) is 6.23. The van der Waals surface area contributed by atoms with Gasteiger partial charge in [-0.25, -0.2) is 19.7 Å². The van der Waals surface area contributed by atoms with Crippen molar-refractivity contribution in [3.63, 3.8) is 0 Å². The molecule has 8 nitrogen and oxygen atoms in total. The van der Waals surface area contributed by atoms with Crippen molar-refractivity contribution < 1.29 is 14.6 Å². The highest BCUT2D eigenvalue weighted by Crippen LogP contribution is 2.39. The zero-order chi connectivity index (χ0) is 26.0. The number of carbonyl (C=O) groups excluding carboxylic acids is 1. The molecule has 1 aliphatic heterocycles. The van der Waals surface area contributed by atoms with E-state index >= 15 is 0 Å². The number of halogens is 2. The van der Waals surface area contributed by atoms with Crippen molar-refractivity contribution in [2.75, 3.05) is 18.0 Å². The van der Waals surface area contributed by atoms with Crippen LogP contribution < -0.4 is 10.2 Å². The lowest BCUT2D eigenvalue weighted by Gasteiger charge is -2.44. The lowest BCUT2D eigenvalue weighted by atomic mass is 9.74. The van der Waals surface area contributed by atoms with Gasteiger partial charge >= 0.3 is 6.09 Å². The summed E-state index contributed by atoms with van der Waals surface area (Å²) in [6.07, 6.45) is 2.87. The van der Waals surface area contributed by atoms with Crippen LogP contribution in [0.5, 0.6) is 0 Å². The van der Waals surface area contributed by atoms with Gasteiger partial charge in [-0.3, -0.25) is 0 Å². The summed E-state index contributed by atoms with van der Waals surface area (Å²) in [5.41, 5.74) is 0.616. The maximum Gasteiger partial charge on any atom is 0.407 e. The van der Waals surface area contributed by atoms with E-state index in [0.29, 0.717) is 21.6 Å². The van der Waals surface area contributed by atoms with E-state index < -0.39 is 11.7 Å². The molecule has 0 saturated carbocycles. The lowest BCUT2D eigenvalue weighted by molar-refractivity contribution is 0.0442. The molecule has 0 radical (unpaired) electrons. The Balaban J connectivity index is 1.71. The summed E-state index contributed by atoms with van der Waals surface area (Å²) >= 11 is 13.7. The van der Waals surface area contributed by atoms with Crippen molar-refractivity contribution in [2.24, 2.45) is 5.41 Å². The number of ether oxygens (including phenoxy) is 1. The van der Waals surface area contributed by atoms with Crippen LogP contribution in [0.1, 0.15) is 58.8 Å². The number of rotatable bonds is 6. The van der Waals surface area contributed by atoms with Crippen molar-refractivity contribution in [3.05, 3.63) is 33.8 Å². The molecule has 1 aliphatic rings. The van der Waals surface area contributed by atoms with Gasteiger partial charge in [0.2, 0.25) is 0 Å². The number of carbonyl (C=O) groups is 1. The number of piperidine rings is 1. The molecule has 0 aromatic carbocycles. The Morgan fingerprint density at radius 3 is 2.57 bits per heavy atom. The molecule has 0 spiro atoms. The Labute approximate surface area is 221 Å². The van der Waals surface area contributed by atoms with Gasteiger partial charge in [-0.05, 0) is 58.9 Å². The molecule has 1 saturated heterocycles. The van der Waals surface area contributed by atoms with Gasteiger partial charge < -0.3 is 20.1 Å². The van der Waals surface area contributed by atoms with Crippen LogP contribution in [0.15, 0.2) is 22.2 Å². The zero-order valence-corrected chi connectivity index (χ0v) is 23.3. The fourth-order valence-corrected chi connectivity index (χ4v) is 5.20. The highest BCUT2D eigenvalue weighted by molar-refractivity contribution is 7.99. The number of aliphatic hydroxyl groups is 1. The maximum absolute atomic E-state index is 12.3. The number of amides is 1. The van der Waals surface area contributed by atoms with Gasteiger partial charge in [-0.15, -0.1) is 0 Å². The van der Waals surface area contributed by atoms with Crippen LogP contribution in [-0.2, 0) is 11.3 Å². The summed E-state index contributed by atoms with van der Waals surface area (Å²) in [7, 11) is 0. The average Bonchev–Trinajstić information content (AvgIpc) is 2.77. The molecule has 2 aromatic heterocycles. The van der Waals surface area contributed by atoms with Crippen molar-refractivity contribution in [1.29, 1.82) is 0 Å². The van der Waals surface area contributed by atoms with E-state index in [1.807, 2.05) is 34.6 Å². The first-order valence-electron chi connectivity index (χ1n) is 11.5. The van der Waals surface area contributed by atoms with E-state index in [2.05, 4.69) is 27.1 Å². The van der Waals surface area contributed by atoms with Crippen LogP contribution in [0.25, 0.3) is 0 Å². The molecule has 1 amide bonds. The van der Waals surface area contributed by atoms with E-state index in [-0.39, 0.29) is 23.2 Å². The second-order valence-corrected chi connectivity index (χ2v) is 11.8. The second kappa shape index (κ2) is 11.1. The quantitative estimate of drug-likeness (QED) is 0.452. The third kappa shape index (κ3) is 6.90. The van der Waals surface area contributed by atoms with Crippen molar-refractivity contribution in [3.8, 4) is 0 Å². The fourth-order valence-electron chi connectivity index (χ4n) is 3.89. The first-order valence-corrected chi connectivity index (χ1v) is 13.1. The Hall–Kier alpha value is -1.81. The zero-order valence-electron chi connectivity index (χ0n) is 21.0. The van der Waals surface area contributed by atoms with Gasteiger partial charge in [-0.1, -0.05) is 41.9 Å². The molecule has 2 aromatic rings. The van der Waals surface area contributed by atoms with Gasteiger partial charge in [0.15, 0.2) is 5.82 Å². The molecule has 2 N–H and O–H groups in total. The molecule has 1 fully saturated rings. The Bertz CT molecular complexity index is 1070. The number of aromatic nitrogens is 3. The van der Waals surface area contributed by atoms with Crippen LogP contribution in [0.3, 0.4) is 0 Å². The smallest absolute Gasteiger partial charge is 0.407 e. The minimum Gasteiger partial charge on any atom is -0.444 e. The highest BCUT2D eigenvalue weighted by Gasteiger charge is 2.37. The van der Waals surface area contributed by atoms with Crippen molar-refractivity contribution in [2.45, 2.75) is 82.6 Å². The number of nitrogens with zero attached hydrogens (tertiary/aromatic N) is 4. The number of alkyl carbamates (subject to hydrolysis) is 1. The molecule has 3 rings (SSSR count). The summed E-state index contributed by atoms with van der Waals surface area (Å²) in [4.78, 5) is 28.6. The molecular formula is C24H33Cl2N5O3S. The minimum absolute atomic E-state index is 0.0552. The van der Waals surface area contributed by atoms with Crippen LogP contribution in [0.2, 0.25) is 10.2 Å². The Morgan fingerprint density at radius 1 is 1.31 bits per heavy atom. The molecule has 3 heterocycles. The molecule has 35 heavy (non-hydrogen) atoms. The highest BCUT2D eigenvalue weighted by atomic mass is 35.5. The van der Waals surface area contributed by atoms with Crippen LogP contribution >= 0.6 is 35.0 Å². The standard InChI is InChI=1S/C24H33Cl2N5O3S/c1-14-21(35-17-7-10-27-19(26)18(17)25)30-16(13-32)20(28-14)31-11-8-24(6,9-12-31)15(2)29-22(33)34-23(3,4)5/h7,10,15,32H,8-9,11-13H2,1-6H3,(H,29,33). The van der Waals surface area contributed by atoms with Crippen LogP contribution in [-0.4, -0.2) is 50.9 Å². The van der Waals surface area contributed by atoms with E-state index in [4.69, 9.17) is 32.9 Å². The van der Waals surface area contributed by atoms with E-state index in [1.54, 1.807) is 12.3 Å². The topological polar surface area (TPSA) is 100 Å². The summed E-state index contributed by atoms with van der Waals surface area (Å²) in [5.74, 6) is 0.683. The van der Waals surface area contributed by atoms with Crippen molar-refractivity contribution >= 4 is 46.9 Å². The average molecular weight is 543 g/mol. The second-order valence-electron chi connectivity index (χ2n) is 10.1. The predicted octanol–water partition coefficient (Wildman–Crippen LogP) is 5.65. The summed E-state index contributed by atoms with van der Waals surface area (Å²) in [6.45, 7) is 12.9. The minimum atomic E-state index is -0.537. The molecule has 11 heteroatoms. The summed E-state index contributed by atoms with van der Waals surface area (Å²) in [6, 6.07) is 1.71. The van der Waals surface area contributed by atoms with Gasteiger partial charge in [0.25, 0.3) is 0 Å². The number of hydrogen-bond acceptors (Lipinski definition) is 8. The van der Waals surface area contributed by atoms with Gasteiger partial charge in [0, 0.05) is 30.2 Å². The Morgan fingerprint density at radius 2 is 1.97 bits per heavy atom. The fraction of sp³-hybridized carbons (Fsp3) is 0.583. The SMILES string of the molecule is Cc1nc(N2CCC(C)(C(C)NC(=O)OC(C)(C)C)CC2)c(CO)nc1Sc1ccnc(Cl)c1Cl. The van der Waals surface area contributed by atoms with Gasteiger partial charge in [0.05, 0.1) is 17.3 Å². The van der Waals surface area contributed by atoms with Crippen LogP contribution in [0, 0.1) is 12.3 Å². The Kier molecular flexibility index (Phi) is 8.78. The number of hydrogen-bond donors (Lipinski definition) is 2. The lowest BCUT2D eigenvalue weighted by Crippen LogP contribution is -2.51. The number of nitrogens with one attached hydrogen (secondary N) is 1. The number of anilines is 1. The largest absolute Gasteiger partial charge is 0.444 e. The summed E-state index contributed by atoms with van der Waals surface area (Å²) in [5, 5.41) is 14.3. The molecule has 0 aliphatic carbocycles. The predicted molar refractivity (Wildman–Crippen MR) is 139 cm³/mol. The third-order valence-corrected chi connectivity index (χ3v) is 8.25. The van der Waals surface area contributed by atoms with Crippen LogP contribution in [0.4, 0.5) is 10.6 Å². The first kappa shape index (κ1) is 27.8. The maximum atomic E-state index is 12.3. The number of pyridine rings is 1. The normalized spacial score (nSPS) is 16.7. The summed E-state index contributed by atoms with van der Waals surface area (Å²) < 4.78 is 5.42. The van der Waals surface area contributed by atoms with E-state index in [1.165, 1.54) is 11.8 Å². The van der Waals surface area contributed by atoms with Gasteiger partial charge in [-0.2, -0.15) is 0 Å². The van der Waals surface area contributed by atoms with Gasteiger partial charge in [0.1, 0.15) is 21.5 Å². The molecule has 1 atom stereocenters. The number of aryl methyl sites for hydroxylation is 1. The van der Waals surface area contributed by atoms with E-state index in [0.717, 1.165) is 36.5 Å². The molecule has 1 unspecified atom stereocenters. The number of aliphatic hydroxyl groups excluding tert-OH is 1. The molecular weight excluding hydrogens is 509 g/mol.